The summed E-state index contributed by atoms with van der Waals surface area (Å²) in [4.78, 5) is 61.1. The van der Waals surface area contributed by atoms with Crippen LogP contribution in [0.4, 0.5) is 38.5 Å². The van der Waals surface area contributed by atoms with Crippen LogP contribution in [-0.4, -0.2) is 148 Å². The molecule has 4 aliphatic rings. The van der Waals surface area contributed by atoms with Crippen molar-refractivity contribution < 1.29 is 51.0 Å². The summed E-state index contributed by atoms with van der Waals surface area (Å²) in [6.07, 6.45) is 0. The molecule has 340 valence electrons. The van der Waals surface area contributed by atoms with E-state index < -0.39 is 29.2 Å². The van der Waals surface area contributed by atoms with E-state index in [2.05, 4.69) is 14.5 Å². The van der Waals surface area contributed by atoms with E-state index in [1.807, 2.05) is 0 Å². The average molecular weight is 890 g/mol. The number of benzene rings is 4. The number of rotatable bonds is 11. The lowest BCUT2D eigenvalue weighted by Gasteiger charge is -2.43. The number of methoxy groups -OCH3 is 1. The highest BCUT2D eigenvalue weighted by Gasteiger charge is 2.34. The van der Waals surface area contributed by atoms with Crippen LogP contribution in [0.2, 0.25) is 0 Å². The Bertz CT molecular complexity index is 2110. The Hall–Kier alpha value is -5.92. The minimum absolute atomic E-state index is 0.0515. The van der Waals surface area contributed by atoms with Gasteiger partial charge in [-0.3, -0.25) is 24.4 Å². The van der Waals surface area contributed by atoms with Gasteiger partial charge in [-0.2, -0.15) is 0 Å². The maximum atomic E-state index is 14.8. The van der Waals surface area contributed by atoms with Crippen LogP contribution in [0.1, 0.15) is 31.8 Å². The third-order valence-electron chi connectivity index (χ3n) is 11.9. The van der Waals surface area contributed by atoms with E-state index in [0.29, 0.717) is 49.6 Å². The first-order valence-corrected chi connectivity index (χ1v) is 21.1. The van der Waals surface area contributed by atoms with Crippen LogP contribution < -0.4 is 15.5 Å². The number of carbonyl (C=O) groups is 4. The quantitative estimate of drug-likeness (QED) is 0.122. The molecule has 0 atom stereocenters. The molecule has 0 spiro atoms. The molecule has 4 amide bonds. The zero-order valence-electron chi connectivity index (χ0n) is 35.5. The van der Waals surface area contributed by atoms with E-state index in [0.717, 1.165) is 64.7 Å². The van der Waals surface area contributed by atoms with Gasteiger partial charge in [0.2, 0.25) is 0 Å². The second-order valence-corrected chi connectivity index (χ2v) is 15.9. The van der Waals surface area contributed by atoms with Crippen LogP contribution in [0.25, 0.3) is 0 Å². The number of nitrogens with zero attached hydrogens (tertiary/aromatic N) is 6. The minimum atomic E-state index is -0.642. The number of Topliss-reactive ketones (excluding diaryl/α,β-unsaturated/α-hetero) is 1. The number of nitrogens with two attached hydrogens (primary N) is 1. The van der Waals surface area contributed by atoms with Gasteiger partial charge in [-0.25, -0.2) is 31.9 Å². The molecule has 8 rings (SSSR count). The smallest absolute Gasteiger partial charge is 0.337 e. The summed E-state index contributed by atoms with van der Waals surface area (Å²) < 4.78 is 71.6. The van der Waals surface area contributed by atoms with Crippen molar-refractivity contribution in [3.8, 4) is 0 Å². The summed E-state index contributed by atoms with van der Waals surface area (Å²) in [6.45, 7) is 7.66. The van der Waals surface area contributed by atoms with Gasteiger partial charge in [0.1, 0.15) is 23.3 Å². The number of esters is 1. The molecular formula is C46H51F4N7O7. The fraction of sp³-hybridized carbons (Fsp3) is 0.391. The van der Waals surface area contributed by atoms with Gasteiger partial charge in [0.05, 0.1) is 70.8 Å². The molecule has 4 aromatic rings. The van der Waals surface area contributed by atoms with Crippen molar-refractivity contribution in [3.05, 3.63) is 130 Å². The summed E-state index contributed by atoms with van der Waals surface area (Å²) in [6, 6.07) is 19.4. The molecule has 18 heteroatoms. The number of amides is 4. The van der Waals surface area contributed by atoms with Crippen molar-refractivity contribution >= 4 is 35.2 Å². The molecule has 2 N–H and O–H groups in total. The number of carbonyl (C=O) groups excluding carboxylic acids is 4. The standard InChI is InChI=1S/C23H26F2N4O3.C23H25F2N3O4/c24-18-3-5-19(6-4-18)29(13-17-2-1-16(11-21(17)25)22(30)12-26)23(31)28-9-7-27(8-10-28)20-14-32-15-20;1-31-22(29)16-2-3-17(21(25)12-16)13-28(19-6-4-18(24)5-7-19)23(30)27-10-8-26(9-11-27)20-14-32-15-20/h1-6,11,20H,7-10,12-15,26H2;2-7,12,20H,8-11,13-15H2,1H3. The number of hydrogen-bond acceptors (Lipinski definition) is 10. The highest BCUT2D eigenvalue weighted by Crippen LogP contribution is 2.26. The summed E-state index contributed by atoms with van der Waals surface area (Å²) >= 11 is 0. The van der Waals surface area contributed by atoms with Crippen molar-refractivity contribution in [2.75, 3.05) is 102 Å². The highest BCUT2D eigenvalue weighted by molar-refractivity contribution is 5.97. The van der Waals surface area contributed by atoms with E-state index >= 15 is 0 Å². The van der Waals surface area contributed by atoms with Gasteiger partial charge < -0.3 is 29.7 Å². The van der Waals surface area contributed by atoms with Gasteiger partial charge in [-0.1, -0.05) is 18.2 Å². The summed E-state index contributed by atoms with van der Waals surface area (Å²) in [5.41, 5.74) is 7.04. The zero-order valence-corrected chi connectivity index (χ0v) is 35.5. The molecule has 0 saturated carbocycles. The number of piperazine rings is 2. The number of urea groups is 2. The predicted octanol–water partition coefficient (Wildman–Crippen LogP) is 5.14. The third kappa shape index (κ3) is 11.1. The Balaban J connectivity index is 0.000000191. The number of ether oxygens (including phenoxy) is 3. The lowest BCUT2D eigenvalue weighted by Crippen LogP contribution is -2.59. The highest BCUT2D eigenvalue weighted by atomic mass is 19.1. The van der Waals surface area contributed by atoms with Gasteiger partial charge in [-0.15, -0.1) is 0 Å². The summed E-state index contributed by atoms with van der Waals surface area (Å²) in [5, 5.41) is 0. The van der Waals surface area contributed by atoms with Gasteiger partial charge in [0.25, 0.3) is 0 Å². The molecule has 4 saturated heterocycles. The SMILES string of the molecule is COC(=O)c1ccc(CN(C(=O)N2CCN(C3COC3)CC2)c2ccc(F)cc2)c(F)c1.NCC(=O)c1ccc(CN(C(=O)N2CCN(C3COC3)CC2)c2ccc(F)cc2)c(F)c1. The molecule has 0 aliphatic carbocycles. The molecular weight excluding hydrogens is 839 g/mol. The van der Waals surface area contributed by atoms with E-state index in [1.165, 1.54) is 89.7 Å². The van der Waals surface area contributed by atoms with Crippen molar-refractivity contribution in [2.45, 2.75) is 25.2 Å². The lowest BCUT2D eigenvalue weighted by atomic mass is 10.1. The number of hydrogen-bond donors (Lipinski definition) is 1. The summed E-state index contributed by atoms with van der Waals surface area (Å²) in [5.74, 6) is -3.07. The maximum Gasteiger partial charge on any atom is 0.337 e. The van der Waals surface area contributed by atoms with Crippen LogP contribution in [0.15, 0.2) is 84.9 Å². The number of ketones is 1. The van der Waals surface area contributed by atoms with Crippen LogP contribution >= 0.6 is 0 Å². The van der Waals surface area contributed by atoms with E-state index in [-0.39, 0.29) is 59.7 Å². The monoisotopic (exact) mass is 889 g/mol. The van der Waals surface area contributed by atoms with Crippen LogP contribution in [-0.2, 0) is 27.3 Å². The molecule has 14 nitrogen and oxygen atoms in total. The van der Waals surface area contributed by atoms with Crippen molar-refractivity contribution in [3.63, 3.8) is 0 Å². The topological polar surface area (TPSA) is 141 Å². The van der Waals surface area contributed by atoms with Crippen molar-refractivity contribution in [1.82, 2.24) is 19.6 Å². The van der Waals surface area contributed by atoms with E-state index in [4.69, 9.17) is 15.2 Å². The Kier molecular flexibility index (Phi) is 15.2. The molecule has 0 bridgehead atoms. The van der Waals surface area contributed by atoms with E-state index in [1.54, 1.807) is 9.80 Å². The Morgan fingerprint density at radius 3 is 1.33 bits per heavy atom. The minimum Gasteiger partial charge on any atom is -0.465 e. The Labute approximate surface area is 368 Å². The van der Waals surface area contributed by atoms with Crippen LogP contribution in [0.5, 0.6) is 0 Å². The molecule has 0 unspecified atom stereocenters. The fourth-order valence-electron chi connectivity index (χ4n) is 7.77. The zero-order chi connectivity index (χ0) is 45.3. The predicted molar refractivity (Wildman–Crippen MR) is 229 cm³/mol. The number of anilines is 2. The molecule has 64 heavy (non-hydrogen) atoms. The first kappa shape index (κ1) is 46.1. The van der Waals surface area contributed by atoms with E-state index in [9.17, 15) is 36.7 Å². The normalized spacial score (nSPS) is 17.1. The lowest BCUT2D eigenvalue weighted by molar-refractivity contribution is -0.0738. The largest absolute Gasteiger partial charge is 0.465 e. The number of halogens is 4. The first-order valence-electron chi connectivity index (χ1n) is 21.1. The average Bonchev–Trinajstić information content (AvgIpc) is 3.27. The molecule has 0 aromatic heterocycles. The third-order valence-corrected chi connectivity index (χ3v) is 11.9. The Morgan fingerprint density at radius 1 is 0.594 bits per heavy atom. The van der Waals surface area contributed by atoms with Gasteiger partial charge in [-0.05, 0) is 66.7 Å². The van der Waals surface area contributed by atoms with Crippen LogP contribution in [0, 0.1) is 23.3 Å². The fourth-order valence-corrected chi connectivity index (χ4v) is 7.77. The molecule has 4 aliphatic heterocycles. The van der Waals surface area contributed by atoms with Gasteiger partial charge in [0, 0.05) is 80.4 Å². The molecule has 4 fully saturated rings. The maximum absolute atomic E-state index is 14.8. The van der Waals surface area contributed by atoms with Crippen molar-refractivity contribution in [1.29, 1.82) is 0 Å². The van der Waals surface area contributed by atoms with Gasteiger partial charge >= 0.3 is 18.0 Å². The summed E-state index contributed by atoms with van der Waals surface area (Å²) in [7, 11) is 1.22. The second kappa shape index (κ2) is 21.2. The van der Waals surface area contributed by atoms with Gasteiger partial charge in [0.15, 0.2) is 5.78 Å². The van der Waals surface area contributed by atoms with Crippen LogP contribution in [0.3, 0.4) is 0 Å². The second-order valence-electron chi connectivity index (χ2n) is 15.9. The molecule has 4 aromatic carbocycles. The first-order chi connectivity index (χ1) is 30.9. The van der Waals surface area contributed by atoms with Crippen molar-refractivity contribution in [2.24, 2.45) is 5.73 Å². The molecule has 4 heterocycles. The molecule has 0 radical (unpaired) electrons. The Morgan fingerprint density at radius 2 is 0.984 bits per heavy atom.